The number of aromatic amines is 2. The number of rotatable bonds is 7. The SMILES string of the molecule is CC[C@H](C)[C@H](NC(=O)OC)C(=O)N1[C@@H](C)CC[C@H]1c1ncc(-c2ccc3c(c2)COc2cc4c(ccc5[nH]c([C@@H]6CC[C@H](C)N6C(=O)O)nc54)cc2-3)[nH]1. The molecule has 2 saturated heterocycles. The number of H-pyrrole nitrogens is 2. The summed E-state index contributed by atoms with van der Waals surface area (Å²) in [7, 11) is 1.30. The molecule has 3 aromatic carbocycles. The Morgan fingerprint density at radius 1 is 0.981 bits per heavy atom. The summed E-state index contributed by atoms with van der Waals surface area (Å²) in [5.74, 6) is 1.97. The Morgan fingerprint density at radius 3 is 2.47 bits per heavy atom. The van der Waals surface area contributed by atoms with E-state index in [0.717, 1.165) is 93.4 Å². The van der Waals surface area contributed by atoms with E-state index in [-0.39, 0.29) is 36.0 Å². The molecule has 2 aromatic heterocycles. The first-order valence-electron chi connectivity index (χ1n) is 18.5. The second-order valence-electron chi connectivity index (χ2n) is 14.8. The summed E-state index contributed by atoms with van der Waals surface area (Å²) >= 11 is 0. The zero-order valence-corrected chi connectivity index (χ0v) is 30.6. The van der Waals surface area contributed by atoms with Gasteiger partial charge in [0.25, 0.3) is 0 Å². The van der Waals surface area contributed by atoms with Crippen LogP contribution in [0.2, 0.25) is 0 Å². The summed E-state index contributed by atoms with van der Waals surface area (Å²) in [4.78, 5) is 58.1. The summed E-state index contributed by atoms with van der Waals surface area (Å²) in [6, 6.07) is 13.3. The number of carbonyl (C=O) groups is 3. The Balaban J connectivity index is 1.06. The van der Waals surface area contributed by atoms with Crippen LogP contribution in [0.3, 0.4) is 0 Å². The van der Waals surface area contributed by atoms with Crippen LogP contribution in [-0.2, 0) is 16.1 Å². The maximum absolute atomic E-state index is 13.9. The van der Waals surface area contributed by atoms with E-state index < -0.39 is 18.2 Å². The van der Waals surface area contributed by atoms with Gasteiger partial charge in [-0.1, -0.05) is 38.5 Å². The van der Waals surface area contributed by atoms with Crippen LogP contribution in [0.5, 0.6) is 5.75 Å². The van der Waals surface area contributed by atoms with Crippen LogP contribution in [0, 0.1) is 5.92 Å². The molecule has 13 heteroatoms. The van der Waals surface area contributed by atoms with Crippen LogP contribution < -0.4 is 10.1 Å². The van der Waals surface area contributed by atoms with Gasteiger partial charge in [-0.2, -0.15) is 0 Å². The van der Waals surface area contributed by atoms with Crippen molar-refractivity contribution in [2.75, 3.05) is 7.11 Å². The molecule has 6 atom stereocenters. The van der Waals surface area contributed by atoms with Crippen LogP contribution >= 0.6 is 0 Å². The van der Waals surface area contributed by atoms with Crippen molar-refractivity contribution in [1.82, 2.24) is 35.1 Å². The second-order valence-corrected chi connectivity index (χ2v) is 14.8. The van der Waals surface area contributed by atoms with Crippen molar-refractivity contribution < 1.29 is 29.0 Å². The smallest absolute Gasteiger partial charge is 0.408 e. The number of fused-ring (bicyclic) bond motifs is 6. The van der Waals surface area contributed by atoms with Gasteiger partial charge in [0.15, 0.2) is 0 Å². The fourth-order valence-corrected chi connectivity index (χ4v) is 8.51. The van der Waals surface area contributed by atoms with Gasteiger partial charge in [0.05, 0.1) is 42.1 Å². The summed E-state index contributed by atoms with van der Waals surface area (Å²) in [5, 5.41) is 14.6. The molecule has 2 fully saturated rings. The van der Waals surface area contributed by atoms with E-state index in [0.29, 0.717) is 12.4 Å². The van der Waals surface area contributed by atoms with E-state index in [1.807, 2.05) is 50.9 Å². The van der Waals surface area contributed by atoms with Crippen molar-refractivity contribution >= 4 is 39.9 Å². The molecule has 4 N–H and O–H groups in total. The van der Waals surface area contributed by atoms with Crippen LogP contribution in [0.15, 0.2) is 48.7 Å². The number of amides is 3. The number of carboxylic acid groups (broad SMARTS) is 1. The first kappa shape index (κ1) is 34.5. The summed E-state index contributed by atoms with van der Waals surface area (Å²) in [5.41, 5.74) is 6.62. The molecule has 0 bridgehead atoms. The maximum atomic E-state index is 13.9. The molecule has 0 unspecified atom stereocenters. The lowest BCUT2D eigenvalue weighted by Gasteiger charge is -2.33. The highest BCUT2D eigenvalue weighted by Crippen LogP contribution is 2.44. The molecule has 5 heterocycles. The molecule has 0 saturated carbocycles. The number of carbonyl (C=O) groups excluding carboxylic acids is 2. The number of benzene rings is 3. The number of nitrogens with one attached hydrogen (secondary N) is 3. The lowest BCUT2D eigenvalue weighted by Crippen LogP contribution is -2.53. The Morgan fingerprint density at radius 2 is 1.74 bits per heavy atom. The zero-order valence-electron chi connectivity index (χ0n) is 30.6. The Kier molecular flexibility index (Phi) is 8.74. The van der Waals surface area contributed by atoms with Crippen molar-refractivity contribution in [3.63, 3.8) is 0 Å². The Hall–Kier alpha value is -5.59. The van der Waals surface area contributed by atoms with E-state index >= 15 is 0 Å². The van der Waals surface area contributed by atoms with Gasteiger partial charge in [-0.05, 0) is 91.8 Å². The number of alkyl carbamates (subject to hydrolysis) is 1. The lowest BCUT2D eigenvalue weighted by atomic mass is 9.92. The number of aromatic nitrogens is 4. The van der Waals surface area contributed by atoms with Gasteiger partial charge in [-0.15, -0.1) is 0 Å². The number of ether oxygens (including phenoxy) is 2. The van der Waals surface area contributed by atoms with Crippen LogP contribution in [0.25, 0.3) is 44.2 Å². The van der Waals surface area contributed by atoms with Gasteiger partial charge in [0, 0.05) is 23.0 Å². The summed E-state index contributed by atoms with van der Waals surface area (Å²) in [6.07, 6.45) is 4.13. The number of hydrogen-bond donors (Lipinski definition) is 4. The number of methoxy groups -OCH3 is 1. The van der Waals surface area contributed by atoms with Crippen molar-refractivity contribution in [2.24, 2.45) is 5.92 Å². The maximum Gasteiger partial charge on any atom is 0.408 e. The van der Waals surface area contributed by atoms with E-state index in [9.17, 15) is 19.5 Å². The van der Waals surface area contributed by atoms with Gasteiger partial charge in [-0.3, -0.25) is 9.69 Å². The predicted molar refractivity (Wildman–Crippen MR) is 199 cm³/mol. The number of likely N-dealkylation sites (tertiary alicyclic amines) is 2. The summed E-state index contributed by atoms with van der Waals surface area (Å²) in [6.45, 7) is 8.34. The van der Waals surface area contributed by atoms with E-state index in [1.54, 1.807) is 0 Å². The molecule has 0 aliphatic carbocycles. The Labute approximate surface area is 307 Å². The van der Waals surface area contributed by atoms with Crippen molar-refractivity contribution in [1.29, 1.82) is 0 Å². The van der Waals surface area contributed by atoms with Crippen molar-refractivity contribution in [2.45, 2.75) is 96.6 Å². The molecule has 276 valence electrons. The number of imidazole rings is 2. The number of hydrogen-bond acceptors (Lipinski definition) is 7. The minimum absolute atomic E-state index is 0.00585. The highest BCUT2D eigenvalue weighted by Gasteiger charge is 2.42. The predicted octanol–water partition coefficient (Wildman–Crippen LogP) is 7.69. The van der Waals surface area contributed by atoms with Crippen LogP contribution in [0.4, 0.5) is 9.59 Å². The average molecular weight is 720 g/mol. The number of nitrogens with zero attached hydrogens (tertiary/aromatic N) is 4. The zero-order chi connectivity index (χ0) is 37.1. The van der Waals surface area contributed by atoms with Gasteiger partial charge < -0.3 is 34.8 Å². The molecular weight excluding hydrogens is 674 g/mol. The molecule has 3 aliphatic heterocycles. The monoisotopic (exact) mass is 719 g/mol. The lowest BCUT2D eigenvalue weighted by molar-refractivity contribution is -0.137. The third-order valence-electron chi connectivity index (χ3n) is 11.7. The second kappa shape index (κ2) is 13.4. The molecule has 5 aromatic rings. The minimum Gasteiger partial charge on any atom is -0.488 e. The van der Waals surface area contributed by atoms with Crippen LogP contribution in [0.1, 0.15) is 89.1 Å². The highest BCUT2D eigenvalue weighted by molar-refractivity contribution is 6.07. The Bertz CT molecular complexity index is 2250. The third kappa shape index (κ3) is 5.91. The average Bonchev–Trinajstić information content (AvgIpc) is 3.97. The molecule has 0 spiro atoms. The largest absolute Gasteiger partial charge is 0.488 e. The minimum atomic E-state index is -0.925. The van der Waals surface area contributed by atoms with E-state index in [1.165, 1.54) is 12.0 Å². The quantitative estimate of drug-likeness (QED) is 0.133. The molecule has 53 heavy (non-hydrogen) atoms. The van der Waals surface area contributed by atoms with Gasteiger partial charge in [0.2, 0.25) is 5.91 Å². The van der Waals surface area contributed by atoms with Gasteiger partial charge in [0.1, 0.15) is 30.0 Å². The first-order valence-corrected chi connectivity index (χ1v) is 18.5. The van der Waals surface area contributed by atoms with Gasteiger partial charge in [-0.25, -0.2) is 19.6 Å². The summed E-state index contributed by atoms with van der Waals surface area (Å²) < 4.78 is 11.2. The topological polar surface area (TPSA) is 166 Å². The first-order chi connectivity index (χ1) is 25.6. The van der Waals surface area contributed by atoms with Crippen LogP contribution in [-0.4, -0.2) is 78.2 Å². The molecule has 8 rings (SSSR count). The van der Waals surface area contributed by atoms with Gasteiger partial charge >= 0.3 is 12.2 Å². The van der Waals surface area contributed by atoms with E-state index in [4.69, 9.17) is 19.4 Å². The third-order valence-corrected chi connectivity index (χ3v) is 11.7. The molecule has 3 aliphatic rings. The standard InChI is InChI=1S/C40H45N7O6/c1-6-20(2)34(45-39(49)52-5)38(48)46-21(3)7-13-31(46)36-41-18-30(43-36)24-9-11-26-25(15-24)19-53-33-17-27-23(16-28(26)33)10-12-29-35(27)44-37(42-29)32-14-8-22(4)47(32)40(50)51/h9-12,15-18,20-22,31-32,34H,6-8,13-14,19H2,1-5H3,(H,41,43)(H,42,44)(H,45,49)(H,50,51)/t20-,21-,22-,31-,32-,34-/m0/s1. The fraction of sp³-hybridized carbons (Fsp3) is 0.425. The molecule has 0 radical (unpaired) electrons. The molecule has 13 nitrogen and oxygen atoms in total. The highest BCUT2D eigenvalue weighted by atomic mass is 16.5. The van der Waals surface area contributed by atoms with Crippen molar-refractivity contribution in [3.05, 3.63) is 65.9 Å². The van der Waals surface area contributed by atoms with Crippen molar-refractivity contribution in [3.8, 4) is 28.1 Å². The molecular formula is C40H45N7O6. The van der Waals surface area contributed by atoms with E-state index in [2.05, 4.69) is 45.6 Å². The molecule has 3 amide bonds. The fourth-order valence-electron chi connectivity index (χ4n) is 8.51. The normalized spacial score (nSPS) is 22.0.